The van der Waals surface area contributed by atoms with Gasteiger partial charge in [0.1, 0.15) is 12.4 Å². The lowest BCUT2D eigenvalue weighted by molar-refractivity contribution is -0.142. The predicted molar refractivity (Wildman–Crippen MR) is 85.3 cm³/mol. The van der Waals surface area contributed by atoms with Crippen LogP contribution in [0.5, 0.6) is 0 Å². The third-order valence-corrected chi connectivity index (χ3v) is 3.41. The van der Waals surface area contributed by atoms with E-state index < -0.39 is 11.8 Å². The Hall–Kier alpha value is -2.28. The van der Waals surface area contributed by atoms with E-state index in [9.17, 15) is 14.0 Å². The van der Waals surface area contributed by atoms with E-state index in [2.05, 4.69) is 26.2 Å². The van der Waals surface area contributed by atoms with Gasteiger partial charge in [-0.2, -0.15) is 0 Å². The molecule has 0 radical (unpaired) electrons. The lowest BCUT2D eigenvalue weighted by atomic mass is 10.1. The SMILES string of the molecule is O=C(Cc1cc(Br)ccc1F)OCCNC(=O)c1cccnc1. The number of amides is 1. The third kappa shape index (κ3) is 5.45. The number of ether oxygens (including phenoxy) is 1. The van der Waals surface area contributed by atoms with E-state index in [1.807, 2.05) is 0 Å². The summed E-state index contributed by atoms with van der Waals surface area (Å²) in [5.41, 5.74) is 0.679. The van der Waals surface area contributed by atoms with Gasteiger partial charge in [-0.1, -0.05) is 15.9 Å². The quantitative estimate of drug-likeness (QED) is 0.617. The van der Waals surface area contributed by atoms with E-state index >= 15 is 0 Å². The molecule has 120 valence electrons. The van der Waals surface area contributed by atoms with Gasteiger partial charge >= 0.3 is 5.97 Å². The van der Waals surface area contributed by atoms with Crippen molar-refractivity contribution in [1.29, 1.82) is 0 Å². The molecule has 1 heterocycles. The third-order valence-electron chi connectivity index (χ3n) is 2.92. The van der Waals surface area contributed by atoms with Gasteiger partial charge in [-0.3, -0.25) is 14.6 Å². The maximum atomic E-state index is 13.5. The first-order chi connectivity index (χ1) is 11.1. The standard InChI is InChI=1S/C16H14BrFN2O3/c17-13-3-4-14(18)12(8-13)9-15(21)23-7-6-20-16(22)11-2-1-5-19-10-11/h1-5,8,10H,6-7,9H2,(H,20,22). The maximum Gasteiger partial charge on any atom is 0.310 e. The molecular weight excluding hydrogens is 367 g/mol. The fraction of sp³-hybridized carbons (Fsp3) is 0.188. The monoisotopic (exact) mass is 380 g/mol. The Bertz CT molecular complexity index is 695. The van der Waals surface area contributed by atoms with Crippen LogP contribution in [0.25, 0.3) is 0 Å². The summed E-state index contributed by atoms with van der Waals surface area (Å²) >= 11 is 3.22. The summed E-state index contributed by atoms with van der Waals surface area (Å²) in [4.78, 5) is 27.2. The van der Waals surface area contributed by atoms with E-state index in [4.69, 9.17) is 4.74 Å². The van der Waals surface area contributed by atoms with Crippen LogP contribution in [0.1, 0.15) is 15.9 Å². The normalized spacial score (nSPS) is 10.2. The Morgan fingerprint density at radius 2 is 2.13 bits per heavy atom. The van der Waals surface area contributed by atoms with Crippen molar-refractivity contribution in [3.05, 3.63) is 64.1 Å². The lowest BCUT2D eigenvalue weighted by Crippen LogP contribution is -2.28. The van der Waals surface area contributed by atoms with Crippen molar-refractivity contribution < 1.29 is 18.7 Å². The van der Waals surface area contributed by atoms with E-state index in [-0.39, 0.29) is 31.0 Å². The molecule has 23 heavy (non-hydrogen) atoms. The maximum absolute atomic E-state index is 13.5. The Morgan fingerprint density at radius 1 is 1.30 bits per heavy atom. The number of hydrogen-bond donors (Lipinski definition) is 1. The van der Waals surface area contributed by atoms with E-state index in [0.29, 0.717) is 10.0 Å². The number of hydrogen-bond acceptors (Lipinski definition) is 4. The minimum atomic E-state index is -0.558. The van der Waals surface area contributed by atoms with Crippen LogP contribution in [0.4, 0.5) is 4.39 Å². The molecule has 0 aliphatic heterocycles. The highest BCUT2D eigenvalue weighted by atomic mass is 79.9. The molecule has 5 nitrogen and oxygen atoms in total. The molecule has 0 spiro atoms. The zero-order chi connectivity index (χ0) is 16.7. The number of nitrogens with zero attached hydrogens (tertiary/aromatic N) is 1. The molecule has 0 saturated heterocycles. The average molecular weight is 381 g/mol. The number of carbonyl (C=O) groups excluding carboxylic acids is 2. The summed E-state index contributed by atoms with van der Waals surface area (Å²) in [6.07, 6.45) is 2.85. The topological polar surface area (TPSA) is 68.3 Å². The molecular formula is C16H14BrFN2O3. The first-order valence-corrected chi connectivity index (χ1v) is 7.63. The first-order valence-electron chi connectivity index (χ1n) is 6.84. The Kier molecular flexibility index (Phi) is 6.22. The zero-order valence-electron chi connectivity index (χ0n) is 12.1. The minimum Gasteiger partial charge on any atom is -0.464 e. The molecule has 1 N–H and O–H groups in total. The van der Waals surface area contributed by atoms with Gasteiger partial charge in [-0.25, -0.2) is 4.39 Å². The molecule has 0 aliphatic carbocycles. The molecule has 1 aromatic carbocycles. The van der Waals surface area contributed by atoms with Crippen molar-refractivity contribution in [1.82, 2.24) is 10.3 Å². The fourth-order valence-electron chi connectivity index (χ4n) is 1.81. The second kappa shape index (κ2) is 8.38. The molecule has 0 atom stereocenters. The van der Waals surface area contributed by atoms with Crippen LogP contribution >= 0.6 is 15.9 Å². The Labute approximate surface area is 141 Å². The summed E-state index contributed by atoms with van der Waals surface area (Å²) < 4.78 is 19.2. The Balaban J connectivity index is 1.73. The second-order valence-corrected chi connectivity index (χ2v) is 5.55. The number of carbonyl (C=O) groups is 2. The lowest BCUT2D eigenvalue weighted by Gasteiger charge is -2.07. The number of benzene rings is 1. The summed E-state index contributed by atoms with van der Waals surface area (Å²) in [5, 5.41) is 2.60. The number of rotatable bonds is 6. The number of esters is 1. The van der Waals surface area contributed by atoms with Crippen molar-refractivity contribution in [2.75, 3.05) is 13.2 Å². The van der Waals surface area contributed by atoms with Crippen LogP contribution in [-0.4, -0.2) is 30.0 Å². The zero-order valence-corrected chi connectivity index (χ0v) is 13.7. The number of aromatic nitrogens is 1. The van der Waals surface area contributed by atoms with Gasteiger partial charge in [0.05, 0.1) is 18.5 Å². The van der Waals surface area contributed by atoms with Crippen LogP contribution in [0.15, 0.2) is 47.2 Å². The summed E-state index contributed by atoms with van der Waals surface area (Å²) in [6.45, 7) is 0.181. The smallest absolute Gasteiger partial charge is 0.310 e. The van der Waals surface area contributed by atoms with Crippen LogP contribution in [0.2, 0.25) is 0 Å². The van der Waals surface area contributed by atoms with Crippen molar-refractivity contribution >= 4 is 27.8 Å². The van der Waals surface area contributed by atoms with Gasteiger partial charge < -0.3 is 10.1 Å². The second-order valence-electron chi connectivity index (χ2n) is 4.63. The summed E-state index contributed by atoms with van der Waals surface area (Å²) in [5.74, 6) is -1.32. The van der Waals surface area contributed by atoms with Crippen LogP contribution in [0.3, 0.4) is 0 Å². The molecule has 7 heteroatoms. The highest BCUT2D eigenvalue weighted by Crippen LogP contribution is 2.16. The molecule has 0 bridgehead atoms. The van der Waals surface area contributed by atoms with Crippen molar-refractivity contribution in [2.24, 2.45) is 0 Å². The van der Waals surface area contributed by atoms with Crippen LogP contribution in [-0.2, 0) is 16.0 Å². The fourth-order valence-corrected chi connectivity index (χ4v) is 2.22. The Morgan fingerprint density at radius 3 is 2.87 bits per heavy atom. The summed E-state index contributed by atoms with van der Waals surface area (Å²) in [7, 11) is 0. The largest absolute Gasteiger partial charge is 0.464 e. The number of halogens is 2. The molecule has 0 aliphatic rings. The molecule has 2 rings (SSSR count). The van der Waals surface area contributed by atoms with Gasteiger partial charge in [0, 0.05) is 22.4 Å². The van der Waals surface area contributed by atoms with Crippen molar-refractivity contribution in [2.45, 2.75) is 6.42 Å². The van der Waals surface area contributed by atoms with Gasteiger partial charge in [-0.05, 0) is 30.3 Å². The molecule has 2 aromatic rings. The number of pyridine rings is 1. The van der Waals surface area contributed by atoms with E-state index in [0.717, 1.165) is 0 Å². The molecule has 1 aromatic heterocycles. The van der Waals surface area contributed by atoms with E-state index in [1.165, 1.54) is 18.3 Å². The van der Waals surface area contributed by atoms with Crippen LogP contribution in [0, 0.1) is 5.82 Å². The minimum absolute atomic E-state index is 0.0143. The van der Waals surface area contributed by atoms with Crippen LogP contribution < -0.4 is 5.32 Å². The summed E-state index contributed by atoms with van der Waals surface area (Å²) in [6, 6.07) is 7.64. The molecule has 0 saturated carbocycles. The molecule has 0 fully saturated rings. The van der Waals surface area contributed by atoms with Crippen molar-refractivity contribution in [3.63, 3.8) is 0 Å². The van der Waals surface area contributed by atoms with E-state index in [1.54, 1.807) is 24.4 Å². The molecule has 1 amide bonds. The number of nitrogens with one attached hydrogen (secondary N) is 1. The van der Waals surface area contributed by atoms with Crippen molar-refractivity contribution in [3.8, 4) is 0 Å². The highest BCUT2D eigenvalue weighted by molar-refractivity contribution is 9.10. The van der Waals surface area contributed by atoms with Gasteiger partial charge in [0.15, 0.2) is 0 Å². The van der Waals surface area contributed by atoms with Gasteiger partial charge in [0.2, 0.25) is 0 Å². The average Bonchev–Trinajstić information content (AvgIpc) is 2.55. The van der Waals surface area contributed by atoms with Gasteiger partial charge in [0.25, 0.3) is 5.91 Å². The molecule has 0 unspecified atom stereocenters. The van der Waals surface area contributed by atoms with Gasteiger partial charge in [-0.15, -0.1) is 0 Å². The predicted octanol–water partition coefficient (Wildman–Crippen LogP) is 2.50. The first kappa shape index (κ1) is 17.1. The highest BCUT2D eigenvalue weighted by Gasteiger charge is 2.10.